The third-order valence-electron chi connectivity index (χ3n) is 4.76. The maximum absolute atomic E-state index is 12.5. The van der Waals surface area contributed by atoms with Gasteiger partial charge in [0.2, 0.25) is 0 Å². The summed E-state index contributed by atoms with van der Waals surface area (Å²) in [4.78, 5) is 26.5. The lowest BCUT2D eigenvalue weighted by Gasteiger charge is -2.40. The van der Waals surface area contributed by atoms with Crippen LogP contribution < -0.4 is 0 Å². The molecule has 0 N–H and O–H groups in total. The van der Waals surface area contributed by atoms with Gasteiger partial charge in [0.25, 0.3) is 5.91 Å². The van der Waals surface area contributed by atoms with E-state index in [-0.39, 0.29) is 17.4 Å². The van der Waals surface area contributed by atoms with Crippen molar-refractivity contribution in [3.8, 4) is 0 Å². The Bertz CT molecular complexity index is 716. The molecule has 0 atom stereocenters. The van der Waals surface area contributed by atoms with E-state index >= 15 is 0 Å². The topological polar surface area (TPSA) is 76.3 Å². The fourth-order valence-corrected chi connectivity index (χ4v) is 3.27. The van der Waals surface area contributed by atoms with Crippen LogP contribution in [0.4, 0.5) is 0 Å². The Kier molecular flexibility index (Phi) is 3.98. The smallest absolute Gasteiger partial charge is 0.278 e. The monoisotopic (exact) mass is 313 g/mol. The number of carbonyl (C=O) groups is 2. The zero-order chi connectivity index (χ0) is 16.4. The minimum Gasteiger partial charge on any atom is -0.337 e. The zero-order valence-corrected chi connectivity index (χ0v) is 13.3. The van der Waals surface area contributed by atoms with Crippen molar-refractivity contribution in [2.24, 2.45) is 0 Å². The predicted octanol–water partition coefficient (Wildman–Crippen LogP) is 2.14. The largest absolute Gasteiger partial charge is 0.337 e. The number of aryl methyl sites for hydroxylation is 1. The number of carbonyl (C=O) groups excluding carboxylic acids is 2. The normalized spacial score (nSPS) is 17.0. The SMILES string of the molecule is CC(=O)C1(c2ccccc2)CCN(C(=O)c2nonc2C)CC1. The molecule has 0 spiro atoms. The van der Waals surface area contributed by atoms with Crippen LogP contribution in [0, 0.1) is 6.92 Å². The zero-order valence-electron chi connectivity index (χ0n) is 13.3. The lowest BCUT2D eigenvalue weighted by Crippen LogP contribution is -2.48. The molecule has 1 aliphatic rings. The molecule has 1 aromatic carbocycles. The summed E-state index contributed by atoms with van der Waals surface area (Å²) >= 11 is 0. The highest BCUT2D eigenvalue weighted by Crippen LogP contribution is 2.36. The number of likely N-dealkylation sites (tertiary alicyclic amines) is 1. The van der Waals surface area contributed by atoms with Crippen molar-refractivity contribution in [3.63, 3.8) is 0 Å². The van der Waals surface area contributed by atoms with Crippen molar-refractivity contribution in [3.05, 3.63) is 47.3 Å². The van der Waals surface area contributed by atoms with Crippen LogP contribution in [0.1, 0.15) is 41.5 Å². The van der Waals surface area contributed by atoms with Gasteiger partial charge in [0, 0.05) is 13.1 Å². The molecule has 1 saturated heterocycles. The second kappa shape index (κ2) is 5.95. The van der Waals surface area contributed by atoms with Gasteiger partial charge in [-0.05, 0) is 37.4 Å². The maximum Gasteiger partial charge on any atom is 0.278 e. The maximum atomic E-state index is 12.5. The van der Waals surface area contributed by atoms with Crippen molar-refractivity contribution >= 4 is 11.7 Å². The fraction of sp³-hybridized carbons (Fsp3) is 0.412. The summed E-state index contributed by atoms with van der Waals surface area (Å²) in [7, 11) is 0. The first-order valence-corrected chi connectivity index (χ1v) is 7.69. The molecule has 0 bridgehead atoms. The van der Waals surface area contributed by atoms with E-state index in [0.717, 1.165) is 5.56 Å². The molecule has 0 unspecified atom stereocenters. The van der Waals surface area contributed by atoms with E-state index in [0.29, 0.717) is 31.6 Å². The first kappa shape index (κ1) is 15.4. The van der Waals surface area contributed by atoms with Crippen molar-refractivity contribution in [2.45, 2.75) is 32.1 Å². The second-order valence-electron chi connectivity index (χ2n) is 5.99. The average molecular weight is 313 g/mol. The molecule has 1 aromatic heterocycles. The molecule has 3 rings (SSSR count). The Morgan fingerprint density at radius 3 is 2.30 bits per heavy atom. The highest BCUT2D eigenvalue weighted by atomic mass is 16.6. The van der Waals surface area contributed by atoms with Gasteiger partial charge in [0.1, 0.15) is 11.5 Å². The van der Waals surface area contributed by atoms with E-state index in [4.69, 9.17) is 0 Å². The van der Waals surface area contributed by atoms with Gasteiger partial charge >= 0.3 is 0 Å². The first-order chi connectivity index (χ1) is 11.0. The van der Waals surface area contributed by atoms with Crippen molar-refractivity contribution < 1.29 is 14.2 Å². The predicted molar refractivity (Wildman–Crippen MR) is 83.0 cm³/mol. The van der Waals surface area contributed by atoms with Crippen LogP contribution in [0.2, 0.25) is 0 Å². The van der Waals surface area contributed by atoms with Crippen molar-refractivity contribution in [1.82, 2.24) is 15.2 Å². The van der Waals surface area contributed by atoms with Crippen molar-refractivity contribution in [2.75, 3.05) is 13.1 Å². The molecule has 2 aromatic rings. The highest BCUT2D eigenvalue weighted by Gasteiger charge is 2.41. The van der Waals surface area contributed by atoms with E-state index in [9.17, 15) is 9.59 Å². The Morgan fingerprint density at radius 2 is 1.78 bits per heavy atom. The van der Waals surface area contributed by atoms with E-state index in [1.807, 2.05) is 30.3 Å². The Balaban J connectivity index is 1.80. The molecule has 0 saturated carbocycles. The summed E-state index contributed by atoms with van der Waals surface area (Å²) in [6, 6.07) is 9.81. The number of benzene rings is 1. The van der Waals surface area contributed by atoms with Gasteiger partial charge in [-0.25, -0.2) is 4.63 Å². The second-order valence-corrected chi connectivity index (χ2v) is 5.99. The summed E-state index contributed by atoms with van der Waals surface area (Å²) < 4.78 is 4.60. The van der Waals surface area contributed by atoms with Gasteiger partial charge < -0.3 is 4.90 Å². The molecule has 0 radical (unpaired) electrons. The molecule has 23 heavy (non-hydrogen) atoms. The van der Waals surface area contributed by atoms with Gasteiger partial charge in [-0.1, -0.05) is 35.5 Å². The molecule has 1 fully saturated rings. The molecule has 120 valence electrons. The first-order valence-electron chi connectivity index (χ1n) is 7.69. The van der Waals surface area contributed by atoms with Crippen LogP contribution in [0.5, 0.6) is 0 Å². The molecular formula is C17H19N3O3. The molecule has 1 aliphatic heterocycles. The highest BCUT2D eigenvalue weighted by molar-refractivity contribution is 5.94. The number of nitrogens with zero attached hydrogens (tertiary/aromatic N) is 3. The Morgan fingerprint density at radius 1 is 1.13 bits per heavy atom. The van der Waals surface area contributed by atoms with Crippen LogP contribution in [-0.4, -0.2) is 40.0 Å². The van der Waals surface area contributed by atoms with Crippen LogP contribution >= 0.6 is 0 Å². The number of piperidine rings is 1. The third-order valence-corrected chi connectivity index (χ3v) is 4.76. The number of rotatable bonds is 3. The van der Waals surface area contributed by atoms with Gasteiger partial charge in [-0.3, -0.25) is 9.59 Å². The number of aromatic nitrogens is 2. The Labute approximate surface area is 134 Å². The number of hydrogen-bond donors (Lipinski definition) is 0. The summed E-state index contributed by atoms with van der Waals surface area (Å²) in [5, 5.41) is 7.33. The Hall–Kier alpha value is -2.50. The summed E-state index contributed by atoms with van der Waals surface area (Å²) in [6.07, 6.45) is 1.23. The lowest BCUT2D eigenvalue weighted by atomic mass is 9.70. The lowest BCUT2D eigenvalue weighted by molar-refractivity contribution is -0.124. The van der Waals surface area contributed by atoms with Gasteiger partial charge in [-0.15, -0.1) is 0 Å². The third kappa shape index (κ3) is 2.65. The molecule has 0 aliphatic carbocycles. The van der Waals surface area contributed by atoms with Crippen molar-refractivity contribution in [1.29, 1.82) is 0 Å². The summed E-state index contributed by atoms with van der Waals surface area (Å²) in [5.41, 5.74) is 1.26. The molecule has 6 heteroatoms. The van der Waals surface area contributed by atoms with Crippen LogP contribution in [0.25, 0.3) is 0 Å². The number of Topliss-reactive ketones (excluding diaryl/α,β-unsaturated/α-hetero) is 1. The van der Waals surface area contributed by atoms with E-state index in [2.05, 4.69) is 14.9 Å². The summed E-state index contributed by atoms with van der Waals surface area (Å²) in [6.45, 7) is 4.35. The van der Waals surface area contributed by atoms with E-state index in [1.165, 1.54) is 0 Å². The van der Waals surface area contributed by atoms with E-state index in [1.54, 1.807) is 18.7 Å². The van der Waals surface area contributed by atoms with E-state index < -0.39 is 5.41 Å². The molecule has 1 amide bonds. The average Bonchev–Trinajstić information content (AvgIpc) is 3.01. The van der Waals surface area contributed by atoms with Gasteiger partial charge in [0.15, 0.2) is 5.69 Å². The van der Waals surface area contributed by atoms with Gasteiger partial charge in [-0.2, -0.15) is 0 Å². The molecular weight excluding hydrogens is 294 g/mol. The fourth-order valence-electron chi connectivity index (χ4n) is 3.27. The summed E-state index contributed by atoms with van der Waals surface area (Å²) in [5.74, 6) is -0.0379. The standard InChI is InChI=1S/C17H19N3O3/c1-12-15(19-23-18-12)16(22)20-10-8-17(9-11-20,13(2)21)14-6-4-3-5-7-14/h3-7H,8-11H2,1-2H3. The quantitative estimate of drug-likeness (QED) is 0.867. The minimum absolute atomic E-state index is 0.148. The van der Waals surface area contributed by atoms with Crippen LogP contribution in [0.15, 0.2) is 35.0 Å². The number of amides is 1. The van der Waals surface area contributed by atoms with Crippen LogP contribution in [0.3, 0.4) is 0 Å². The number of hydrogen-bond acceptors (Lipinski definition) is 5. The number of ketones is 1. The molecule has 2 heterocycles. The molecule has 6 nitrogen and oxygen atoms in total. The minimum atomic E-state index is -0.505. The van der Waals surface area contributed by atoms with Gasteiger partial charge in [0.05, 0.1) is 5.41 Å². The van der Waals surface area contributed by atoms with Crippen LogP contribution in [-0.2, 0) is 10.2 Å².